The zero-order chi connectivity index (χ0) is 15.2. The molecule has 0 spiro atoms. The van der Waals surface area contributed by atoms with E-state index in [1.54, 1.807) is 18.6 Å². The van der Waals surface area contributed by atoms with Crippen LogP contribution in [0.25, 0.3) is 11.1 Å². The first-order valence-corrected chi connectivity index (χ1v) is 6.78. The fourth-order valence-electron chi connectivity index (χ4n) is 2.11. The minimum Gasteiger partial charge on any atom is -0.410 e. The van der Waals surface area contributed by atoms with E-state index in [-0.39, 0.29) is 6.61 Å². The molecule has 1 amide bonds. The lowest BCUT2D eigenvalue weighted by Crippen LogP contribution is -2.17. The van der Waals surface area contributed by atoms with Crippen LogP contribution >= 0.6 is 0 Å². The molecule has 4 heteroatoms. The summed E-state index contributed by atoms with van der Waals surface area (Å²) in [7, 11) is 0. The van der Waals surface area contributed by atoms with Crippen LogP contribution in [0.5, 0.6) is 5.75 Å². The summed E-state index contributed by atoms with van der Waals surface area (Å²) in [5, 5.41) is 8.99. The molecule has 0 atom stereocenters. The fourth-order valence-corrected chi connectivity index (χ4v) is 2.11. The van der Waals surface area contributed by atoms with Crippen molar-refractivity contribution in [1.82, 2.24) is 0 Å². The average molecular weight is 284 g/mol. The Morgan fingerprint density at radius 3 is 2.43 bits per heavy atom. The van der Waals surface area contributed by atoms with E-state index >= 15 is 0 Å². The number of aliphatic hydroxyl groups is 1. The van der Waals surface area contributed by atoms with Crippen molar-refractivity contribution in [2.75, 3.05) is 6.61 Å². The van der Waals surface area contributed by atoms with Crippen molar-refractivity contribution in [2.24, 2.45) is 5.73 Å². The van der Waals surface area contributed by atoms with E-state index in [0.29, 0.717) is 11.3 Å². The highest BCUT2D eigenvalue weighted by atomic mass is 16.5. The summed E-state index contributed by atoms with van der Waals surface area (Å²) in [6, 6.07) is 13.6. The van der Waals surface area contributed by atoms with E-state index in [2.05, 4.69) is 19.1 Å². The van der Waals surface area contributed by atoms with Crippen LogP contribution in [0.15, 0.2) is 42.5 Å². The first kappa shape index (κ1) is 15.1. The summed E-state index contributed by atoms with van der Waals surface area (Å²) in [5.74, 6) is 0.341. The van der Waals surface area contributed by atoms with Gasteiger partial charge in [0.2, 0.25) is 0 Å². The van der Waals surface area contributed by atoms with E-state index < -0.39 is 6.09 Å². The number of primary amides is 1. The molecular weight excluding hydrogens is 266 g/mol. The van der Waals surface area contributed by atoms with E-state index in [1.807, 2.05) is 18.2 Å². The van der Waals surface area contributed by atoms with Crippen molar-refractivity contribution >= 4 is 6.09 Å². The molecule has 0 unspecified atom stereocenters. The van der Waals surface area contributed by atoms with Gasteiger partial charge >= 0.3 is 6.09 Å². The van der Waals surface area contributed by atoms with Gasteiger partial charge in [-0.15, -0.1) is 0 Å². The molecule has 0 aliphatic heterocycles. The zero-order valence-electron chi connectivity index (χ0n) is 11.9. The number of amides is 1. The molecule has 0 bridgehead atoms. The SMILES string of the molecule is CCc1ccc(-c2ccc([CH]CO)c(OC(N)=O)c2)cc1. The average Bonchev–Trinajstić information content (AvgIpc) is 2.49. The second-order valence-electron chi connectivity index (χ2n) is 4.61. The van der Waals surface area contributed by atoms with Crippen molar-refractivity contribution < 1.29 is 14.6 Å². The predicted octanol–water partition coefficient (Wildman–Crippen LogP) is 2.92. The number of nitrogens with two attached hydrogens (primary N) is 1. The van der Waals surface area contributed by atoms with Crippen molar-refractivity contribution in [2.45, 2.75) is 13.3 Å². The van der Waals surface area contributed by atoms with Gasteiger partial charge in [-0.25, -0.2) is 4.79 Å². The van der Waals surface area contributed by atoms with Crippen molar-refractivity contribution in [1.29, 1.82) is 0 Å². The molecule has 1 radical (unpaired) electrons. The number of benzene rings is 2. The number of aryl methyl sites for hydroxylation is 1. The molecule has 0 saturated carbocycles. The van der Waals surface area contributed by atoms with Gasteiger partial charge in [-0.2, -0.15) is 0 Å². The van der Waals surface area contributed by atoms with Crippen LogP contribution in [0, 0.1) is 6.42 Å². The highest BCUT2D eigenvalue weighted by Crippen LogP contribution is 2.28. The summed E-state index contributed by atoms with van der Waals surface area (Å²) < 4.78 is 5.00. The molecule has 2 aromatic carbocycles. The standard InChI is InChI=1S/C17H18NO3/c1-2-12-3-5-13(6-4-12)15-8-7-14(9-10-19)16(11-15)21-17(18)20/h3-9,11,19H,2,10H2,1H3,(H2,18,20). The lowest BCUT2D eigenvalue weighted by molar-refractivity contribution is 0.210. The fraction of sp³-hybridized carbons (Fsp3) is 0.176. The second-order valence-corrected chi connectivity index (χ2v) is 4.61. The van der Waals surface area contributed by atoms with Crippen LogP contribution in [0.2, 0.25) is 0 Å². The van der Waals surface area contributed by atoms with E-state index in [0.717, 1.165) is 17.5 Å². The monoisotopic (exact) mass is 284 g/mol. The van der Waals surface area contributed by atoms with Gasteiger partial charge in [-0.1, -0.05) is 43.3 Å². The van der Waals surface area contributed by atoms with Crippen molar-refractivity contribution in [3.8, 4) is 16.9 Å². The largest absolute Gasteiger partial charge is 0.410 e. The first-order valence-electron chi connectivity index (χ1n) is 6.78. The summed E-state index contributed by atoms with van der Waals surface area (Å²) in [5.41, 5.74) is 8.92. The molecule has 2 rings (SSSR count). The third kappa shape index (κ3) is 3.83. The number of hydrogen-bond acceptors (Lipinski definition) is 3. The number of carbonyl (C=O) groups is 1. The number of rotatable bonds is 5. The van der Waals surface area contributed by atoms with Crippen LogP contribution in [-0.2, 0) is 6.42 Å². The predicted molar refractivity (Wildman–Crippen MR) is 82.0 cm³/mol. The molecule has 0 aliphatic rings. The van der Waals surface area contributed by atoms with Crippen molar-refractivity contribution in [3.05, 3.63) is 60.0 Å². The smallest absolute Gasteiger partial charge is 0.409 e. The van der Waals surface area contributed by atoms with Crippen LogP contribution in [0.4, 0.5) is 4.79 Å². The maximum Gasteiger partial charge on any atom is 0.409 e. The summed E-state index contributed by atoms with van der Waals surface area (Å²) >= 11 is 0. The minimum atomic E-state index is -0.874. The maximum atomic E-state index is 11.0. The number of ether oxygens (including phenoxy) is 1. The Bertz CT molecular complexity index is 620. The Morgan fingerprint density at radius 2 is 1.86 bits per heavy atom. The van der Waals surface area contributed by atoms with Gasteiger partial charge < -0.3 is 15.6 Å². The molecule has 4 nitrogen and oxygen atoms in total. The second kappa shape index (κ2) is 6.90. The molecule has 2 aromatic rings. The molecule has 109 valence electrons. The summed E-state index contributed by atoms with van der Waals surface area (Å²) in [6.07, 6.45) is 1.67. The third-order valence-electron chi connectivity index (χ3n) is 3.23. The van der Waals surface area contributed by atoms with Gasteiger partial charge in [0.1, 0.15) is 5.75 Å². The summed E-state index contributed by atoms with van der Waals surface area (Å²) in [4.78, 5) is 11.0. The number of carbonyl (C=O) groups excluding carboxylic acids is 1. The Hall–Kier alpha value is -2.33. The van der Waals surface area contributed by atoms with E-state index in [1.165, 1.54) is 5.56 Å². The van der Waals surface area contributed by atoms with Crippen LogP contribution in [0.1, 0.15) is 18.1 Å². The minimum absolute atomic E-state index is 0.139. The lowest BCUT2D eigenvalue weighted by Gasteiger charge is -2.10. The molecular formula is C17H18NO3. The van der Waals surface area contributed by atoms with Gasteiger partial charge in [0.25, 0.3) is 0 Å². The van der Waals surface area contributed by atoms with Crippen LogP contribution < -0.4 is 10.5 Å². The molecule has 0 aromatic heterocycles. The molecule has 3 N–H and O–H groups in total. The Balaban J connectivity index is 2.37. The Labute approximate surface area is 124 Å². The van der Waals surface area contributed by atoms with Crippen LogP contribution in [-0.4, -0.2) is 17.8 Å². The van der Waals surface area contributed by atoms with Gasteiger partial charge in [0.05, 0.1) is 6.61 Å². The van der Waals surface area contributed by atoms with Gasteiger partial charge in [0.15, 0.2) is 0 Å². The lowest BCUT2D eigenvalue weighted by atomic mass is 10.0. The quantitative estimate of drug-likeness (QED) is 0.886. The van der Waals surface area contributed by atoms with E-state index in [4.69, 9.17) is 15.6 Å². The molecule has 0 heterocycles. The molecule has 0 saturated heterocycles. The molecule has 0 aliphatic carbocycles. The van der Waals surface area contributed by atoms with Gasteiger partial charge in [0, 0.05) is 12.0 Å². The highest BCUT2D eigenvalue weighted by molar-refractivity contribution is 5.72. The normalized spacial score (nSPS) is 10.4. The van der Waals surface area contributed by atoms with Gasteiger partial charge in [-0.05, 0) is 29.2 Å². The number of hydrogen-bond donors (Lipinski definition) is 2. The van der Waals surface area contributed by atoms with Gasteiger partial charge in [-0.3, -0.25) is 0 Å². The Kier molecular flexibility index (Phi) is 4.95. The first-order chi connectivity index (χ1) is 10.1. The van der Waals surface area contributed by atoms with E-state index in [9.17, 15) is 4.79 Å². The van der Waals surface area contributed by atoms with Crippen molar-refractivity contribution in [3.63, 3.8) is 0 Å². The number of aliphatic hydroxyl groups excluding tert-OH is 1. The molecule has 21 heavy (non-hydrogen) atoms. The summed E-state index contributed by atoms with van der Waals surface area (Å²) in [6.45, 7) is 1.97. The Morgan fingerprint density at radius 1 is 1.19 bits per heavy atom. The maximum absolute atomic E-state index is 11.0. The molecule has 0 fully saturated rings. The van der Waals surface area contributed by atoms with Crippen LogP contribution in [0.3, 0.4) is 0 Å². The topological polar surface area (TPSA) is 72.6 Å². The zero-order valence-corrected chi connectivity index (χ0v) is 11.9. The third-order valence-corrected chi connectivity index (χ3v) is 3.23. The highest BCUT2D eigenvalue weighted by Gasteiger charge is 2.09.